The molecule has 0 radical (unpaired) electrons. The van der Waals surface area contributed by atoms with Gasteiger partial charge in [-0.2, -0.15) is 0 Å². The van der Waals surface area contributed by atoms with Crippen LogP contribution < -0.4 is 10.1 Å². The molecule has 1 amide bonds. The average molecular weight is 251 g/mol. The summed E-state index contributed by atoms with van der Waals surface area (Å²) in [7, 11) is 3.22. The number of methoxy groups -OCH3 is 2. The van der Waals surface area contributed by atoms with Crippen LogP contribution in [0.25, 0.3) is 0 Å². The van der Waals surface area contributed by atoms with E-state index in [1.165, 1.54) is 0 Å². The molecular weight excluding hydrogens is 230 g/mol. The number of carbonyl (C=O) groups excluding carboxylic acids is 1. The van der Waals surface area contributed by atoms with E-state index in [0.717, 1.165) is 17.5 Å². The molecule has 0 bridgehead atoms. The summed E-state index contributed by atoms with van der Waals surface area (Å²) in [5.41, 5.74) is 2.78. The van der Waals surface area contributed by atoms with Gasteiger partial charge in [0, 0.05) is 20.3 Å². The number of hydrogen-bond donors (Lipinski definition) is 1. The topological polar surface area (TPSA) is 47.6 Å². The van der Waals surface area contributed by atoms with Crippen molar-refractivity contribution >= 4 is 5.91 Å². The summed E-state index contributed by atoms with van der Waals surface area (Å²) in [6.45, 7) is 5.22. The minimum Gasteiger partial charge on any atom is -0.496 e. The number of amides is 1. The van der Waals surface area contributed by atoms with Crippen molar-refractivity contribution in [2.24, 2.45) is 0 Å². The fourth-order valence-electron chi connectivity index (χ4n) is 1.65. The van der Waals surface area contributed by atoms with Gasteiger partial charge in [0.1, 0.15) is 5.75 Å². The van der Waals surface area contributed by atoms with Gasteiger partial charge in [-0.1, -0.05) is 0 Å². The molecule has 0 heterocycles. The Hall–Kier alpha value is -1.55. The normalized spacial score (nSPS) is 10.2. The summed E-state index contributed by atoms with van der Waals surface area (Å²) >= 11 is 0. The van der Waals surface area contributed by atoms with Crippen LogP contribution in [0, 0.1) is 13.8 Å². The summed E-state index contributed by atoms with van der Waals surface area (Å²) in [6.07, 6.45) is 0.801. The highest BCUT2D eigenvalue weighted by molar-refractivity contribution is 5.97. The maximum atomic E-state index is 12.0. The molecule has 0 aliphatic rings. The first-order chi connectivity index (χ1) is 8.60. The van der Waals surface area contributed by atoms with Gasteiger partial charge in [-0.05, 0) is 43.5 Å². The summed E-state index contributed by atoms with van der Waals surface area (Å²) in [5, 5.41) is 2.86. The molecule has 100 valence electrons. The molecule has 1 aromatic carbocycles. The van der Waals surface area contributed by atoms with E-state index in [1.807, 2.05) is 26.0 Å². The first kappa shape index (κ1) is 14.5. The molecule has 1 aromatic rings. The van der Waals surface area contributed by atoms with Crippen LogP contribution in [-0.2, 0) is 4.74 Å². The second kappa shape index (κ2) is 7.01. The van der Waals surface area contributed by atoms with Crippen LogP contribution in [0.3, 0.4) is 0 Å². The molecule has 0 spiro atoms. The Balaban J connectivity index is 2.75. The highest BCUT2D eigenvalue weighted by Gasteiger charge is 2.13. The predicted molar refractivity (Wildman–Crippen MR) is 71.3 cm³/mol. The zero-order valence-corrected chi connectivity index (χ0v) is 11.5. The number of nitrogens with one attached hydrogen (secondary N) is 1. The minimum atomic E-state index is -0.106. The van der Waals surface area contributed by atoms with Crippen LogP contribution in [0.5, 0.6) is 5.75 Å². The van der Waals surface area contributed by atoms with E-state index in [0.29, 0.717) is 24.5 Å². The molecule has 0 fully saturated rings. The lowest BCUT2D eigenvalue weighted by Gasteiger charge is -2.12. The number of aryl methyl sites for hydroxylation is 2. The SMILES string of the molecule is COCCCNC(=O)c1cc(C)c(C)cc1OC. The van der Waals surface area contributed by atoms with Crippen LogP contribution in [0.2, 0.25) is 0 Å². The molecule has 1 N–H and O–H groups in total. The van der Waals surface area contributed by atoms with E-state index in [4.69, 9.17) is 9.47 Å². The molecule has 1 rings (SSSR count). The van der Waals surface area contributed by atoms with Crippen molar-refractivity contribution in [2.75, 3.05) is 27.4 Å². The largest absolute Gasteiger partial charge is 0.496 e. The van der Waals surface area contributed by atoms with Crippen molar-refractivity contribution in [3.63, 3.8) is 0 Å². The fraction of sp³-hybridized carbons (Fsp3) is 0.500. The Morgan fingerprint density at radius 1 is 1.22 bits per heavy atom. The van der Waals surface area contributed by atoms with E-state index in [-0.39, 0.29) is 5.91 Å². The van der Waals surface area contributed by atoms with Crippen LogP contribution in [0.1, 0.15) is 27.9 Å². The molecule has 0 saturated carbocycles. The molecular formula is C14H21NO3. The average Bonchev–Trinajstić information content (AvgIpc) is 2.37. The Bertz CT molecular complexity index is 416. The predicted octanol–water partition coefficient (Wildman–Crippen LogP) is 2.08. The zero-order chi connectivity index (χ0) is 13.5. The monoisotopic (exact) mass is 251 g/mol. The van der Waals surface area contributed by atoms with E-state index in [9.17, 15) is 4.79 Å². The second-order valence-electron chi connectivity index (χ2n) is 4.24. The standard InChI is InChI=1S/C14H21NO3/c1-10-8-12(13(18-4)9-11(10)2)14(16)15-6-5-7-17-3/h8-9H,5-7H2,1-4H3,(H,15,16). The molecule has 0 aliphatic heterocycles. The van der Waals surface area contributed by atoms with Crippen LogP contribution in [0.4, 0.5) is 0 Å². The van der Waals surface area contributed by atoms with Crippen molar-refractivity contribution < 1.29 is 14.3 Å². The van der Waals surface area contributed by atoms with E-state index in [2.05, 4.69) is 5.32 Å². The van der Waals surface area contributed by atoms with Gasteiger partial charge in [0.15, 0.2) is 0 Å². The highest BCUT2D eigenvalue weighted by Crippen LogP contribution is 2.22. The van der Waals surface area contributed by atoms with Gasteiger partial charge >= 0.3 is 0 Å². The molecule has 4 nitrogen and oxygen atoms in total. The summed E-state index contributed by atoms with van der Waals surface area (Å²) in [6, 6.07) is 3.75. The maximum absolute atomic E-state index is 12.0. The van der Waals surface area contributed by atoms with Crippen molar-refractivity contribution in [2.45, 2.75) is 20.3 Å². The number of carbonyl (C=O) groups is 1. The second-order valence-corrected chi connectivity index (χ2v) is 4.24. The van der Waals surface area contributed by atoms with Crippen LogP contribution in [-0.4, -0.2) is 33.3 Å². The van der Waals surface area contributed by atoms with Gasteiger partial charge in [0.2, 0.25) is 0 Å². The first-order valence-electron chi connectivity index (χ1n) is 6.02. The molecule has 0 saturated heterocycles. The van der Waals surface area contributed by atoms with Crippen molar-refractivity contribution in [3.05, 3.63) is 28.8 Å². The van der Waals surface area contributed by atoms with E-state index in [1.54, 1.807) is 14.2 Å². The van der Waals surface area contributed by atoms with E-state index >= 15 is 0 Å². The fourth-order valence-corrected chi connectivity index (χ4v) is 1.65. The lowest BCUT2D eigenvalue weighted by atomic mass is 10.0. The van der Waals surface area contributed by atoms with Gasteiger partial charge in [0.05, 0.1) is 12.7 Å². The highest BCUT2D eigenvalue weighted by atomic mass is 16.5. The van der Waals surface area contributed by atoms with Gasteiger partial charge in [-0.3, -0.25) is 4.79 Å². The number of ether oxygens (including phenoxy) is 2. The maximum Gasteiger partial charge on any atom is 0.255 e. The molecule has 18 heavy (non-hydrogen) atoms. The number of rotatable bonds is 6. The van der Waals surface area contributed by atoms with Gasteiger partial charge in [0.25, 0.3) is 5.91 Å². The van der Waals surface area contributed by atoms with E-state index < -0.39 is 0 Å². The van der Waals surface area contributed by atoms with Crippen LogP contribution >= 0.6 is 0 Å². The zero-order valence-electron chi connectivity index (χ0n) is 11.5. The molecule has 0 unspecified atom stereocenters. The Kier molecular flexibility index (Phi) is 5.65. The van der Waals surface area contributed by atoms with Crippen molar-refractivity contribution in [1.29, 1.82) is 0 Å². The number of benzene rings is 1. The van der Waals surface area contributed by atoms with Gasteiger partial charge in [-0.25, -0.2) is 0 Å². The lowest BCUT2D eigenvalue weighted by Crippen LogP contribution is -2.25. The third-order valence-corrected chi connectivity index (χ3v) is 2.87. The molecule has 0 atom stereocenters. The summed E-state index contributed by atoms with van der Waals surface area (Å²) in [5.74, 6) is 0.508. The van der Waals surface area contributed by atoms with Gasteiger partial charge < -0.3 is 14.8 Å². The Labute approximate surface area is 108 Å². The van der Waals surface area contributed by atoms with Crippen molar-refractivity contribution in [1.82, 2.24) is 5.32 Å². The Morgan fingerprint density at radius 3 is 2.50 bits per heavy atom. The van der Waals surface area contributed by atoms with Crippen molar-refractivity contribution in [3.8, 4) is 5.75 Å². The summed E-state index contributed by atoms with van der Waals surface area (Å²) < 4.78 is 10.2. The number of hydrogen-bond acceptors (Lipinski definition) is 3. The Morgan fingerprint density at radius 2 is 1.89 bits per heavy atom. The lowest BCUT2D eigenvalue weighted by molar-refractivity contribution is 0.0945. The van der Waals surface area contributed by atoms with Crippen LogP contribution in [0.15, 0.2) is 12.1 Å². The van der Waals surface area contributed by atoms with Gasteiger partial charge in [-0.15, -0.1) is 0 Å². The third-order valence-electron chi connectivity index (χ3n) is 2.87. The summed E-state index contributed by atoms with van der Waals surface area (Å²) in [4.78, 5) is 12.0. The first-order valence-corrected chi connectivity index (χ1v) is 6.02. The minimum absolute atomic E-state index is 0.106. The smallest absolute Gasteiger partial charge is 0.255 e. The molecule has 0 aromatic heterocycles. The third kappa shape index (κ3) is 3.74. The molecule has 4 heteroatoms. The quantitative estimate of drug-likeness (QED) is 0.787. The molecule has 0 aliphatic carbocycles.